The molecule has 60 valence electrons. The number of unbranched alkanes of at least 4 members (excludes halogenated alkanes) is 1. The molecule has 1 atom stereocenters. The summed E-state index contributed by atoms with van der Waals surface area (Å²) in [5.41, 5.74) is 0. The molecule has 1 aliphatic rings. The first kappa shape index (κ1) is 8.64. The van der Waals surface area contributed by atoms with Crippen molar-refractivity contribution in [2.45, 2.75) is 32.0 Å². The van der Waals surface area contributed by atoms with Crippen molar-refractivity contribution < 1.29 is 0 Å². The molecule has 0 nitrogen and oxygen atoms in total. The van der Waals surface area contributed by atoms with Gasteiger partial charge in [0.25, 0.3) is 0 Å². The maximum atomic E-state index is 2.34. The topological polar surface area (TPSA) is 0 Å². The van der Waals surface area contributed by atoms with Crippen molar-refractivity contribution in [2.24, 2.45) is 5.92 Å². The Balaban J connectivity index is 2.07. The highest BCUT2D eigenvalue weighted by Gasteiger charge is 2.03. The van der Waals surface area contributed by atoms with Crippen molar-refractivity contribution in [1.82, 2.24) is 0 Å². The molecule has 1 heteroatoms. The zero-order valence-electron chi connectivity index (χ0n) is 7.42. The van der Waals surface area contributed by atoms with E-state index in [1.807, 2.05) is 0 Å². The monoisotopic (exact) mass is 148 g/mol. The lowest BCUT2D eigenvalue weighted by Crippen LogP contribution is -1.96. The van der Waals surface area contributed by atoms with Gasteiger partial charge in [0.1, 0.15) is 7.85 Å². The molecule has 11 heavy (non-hydrogen) atoms. The first-order chi connectivity index (χ1) is 5.43. The lowest BCUT2D eigenvalue weighted by atomic mass is 9.92. The summed E-state index contributed by atoms with van der Waals surface area (Å²) in [5, 5.41) is 0. The average molecular weight is 148 g/mol. The molecule has 0 heterocycles. The van der Waals surface area contributed by atoms with E-state index >= 15 is 0 Å². The van der Waals surface area contributed by atoms with E-state index in [0.29, 0.717) is 0 Å². The fourth-order valence-electron chi connectivity index (χ4n) is 1.50. The SMILES string of the molecule is BCCCC[C@H]1C=CC=CC1. The third-order valence-electron chi connectivity index (χ3n) is 2.25. The average Bonchev–Trinajstić information content (AvgIpc) is 2.07. The summed E-state index contributed by atoms with van der Waals surface area (Å²) >= 11 is 0. The smallest absolute Gasteiger partial charge is 0.0840 e. The van der Waals surface area contributed by atoms with Gasteiger partial charge in [-0.1, -0.05) is 43.5 Å². The highest BCUT2D eigenvalue weighted by Crippen LogP contribution is 2.18. The van der Waals surface area contributed by atoms with Gasteiger partial charge in [-0.2, -0.15) is 0 Å². The molecule has 0 aromatic rings. The summed E-state index contributed by atoms with van der Waals surface area (Å²) in [6.07, 6.45) is 15.7. The molecule has 0 amide bonds. The Morgan fingerprint density at radius 3 is 2.82 bits per heavy atom. The van der Waals surface area contributed by atoms with Crippen molar-refractivity contribution in [3.63, 3.8) is 0 Å². The van der Waals surface area contributed by atoms with Gasteiger partial charge in [0.2, 0.25) is 0 Å². The zero-order valence-corrected chi connectivity index (χ0v) is 7.42. The van der Waals surface area contributed by atoms with Crippen LogP contribution in [0.1, 0.15) is 25.7 Å². The minimum atomic E-state index is 0.839. The molecule has 0 spiro atoms. The van der Waals surface area contributed by atoms with Crippen molar-refractivity contribution in [3.05, 3.63) is 24.3 Å². The Labute approximate surface area is 70.8 Å². The summed E-state index contributed by atoms with van der Waals surface area (Å²) in [7, 11) is 2.26. The van der Waals surface area contributed by atoms with E-state index in [1.165, 1.54) is 32.0 Å². The van der Waals surface area contributed by atoms with Crippen LogP contribution in [0.3, 0.4) is 0 Å². The van der Waals surface area contributed by atoms with E-state index in [4.69, 9.17) is 0 Å². The van der Waals surface area contributed by atoms with Gasteiger partial charge < -0.3 is 0 Å². The molecule has 0 aromatic carbocycles. The first-order valence-electron chi connectivity index (χ1n) is 4.77. The summed E-state index contributed by atoms with van der Waals surface area (Å²) in [5.74, 6) is 0.839. The fourth-order valence-corrected chi connectivity index (χ4v) is 1.50. The van der Waals surface area contributed by atoms with E-state index in [1.54, 1.807) is 0 Å². The second-order valence-corrected chi connectivity index (χ2v) is 3.30. The second-order valence-electron chi connectivity index (χ2n) is 3.30. The number of rotatable bonds is 4. The zero-order chi connectivity index (χ0) is 7.94. The van der Waals surface area contributed by atoms with Crippen LogP contribution in [0.4, 0.5) is 0 Å². The van der Waals surface area contributed by atoms with Crippen LogP contribution in [-0.2, 0) is 0 Å². The maximum absolute atomic E-state index is 2.34. The van der Waals surface area contributed by atoms with Crippen LogP contribution in [0.2, 0.25) is 6.32 Å². The molecule has 0 aromatic heterocycles. The van der Waals surface area contributed by atoms with Crippen molar-refractivity contribution in [3.8, 4) is 0 Å². The van der Waals surface area contributed by atoms with Crippen molar-refractivity contribution in [2.75, 3.05) is 0 Å². The van der Waals surface area contributed by atoms with Gasteiger partial charge in [-0.15, -0.1) is 0 Å². The molecular weight excluding hydrogens is 131 g/mol. The molecule has 1 aliphatic carbocycles. The summed E-state index contributed by atoms with van der Waals surface area (Å²) in [6, 6.07) is 0. The van der Waals surface area contributed by atoms with Crippen molar-refractivity contribution in [1.29, 1.82) is 0 Å². The molecule has 0 N–H and O–H groups in total. The quantitative estimate of drug-likeness (QED) is 0.424. The van der Waals surface area contributed by atoms with Gasteiger partial charge in [0.05, 0.1) is 0 Å². The van der Waals surface area contributed by atoms with Gasteiger partial charge in [-0.25, -0.2) is 0 Å². The van der Waals surface area contributed by atoms with Crippen LogP contribution in [-0.4, -0.2) is 7.85 Å². The van der Waals surface area contributed by atoms with E-state index in [0.717, 1.165) is 5.92 Å². The van der Waals surface area contributed by atoms with Crippen LogP contribution >= 0.6 is 0 Å². The lowest BCUT2D eigenvalue weighted by Gasteiger charge is -2.11. The third-order valence-corrected chi connectivity index (χ3v) is 2.25. The summed E-state index contributed by atoms with van der Waals surface area (Å²) < 4.78 is 0. The van der Waals surface area contributed by atoms with Crippen LogP contribution in [0.15, 0.2) is 24.3 Å². The first-order valence-corrected chi connectivity index (χ1v) is 4.77. The lowest BCUT2D eigenvalue weighted by molar-refractivity contribution is 0.557. The Kier molecular flexibility index (Phi) is 4.11. The number of hydrogen-bond donors (Lipinski definition) is 0. The van der Waals surface area contributed by atoms with Crippen LogP contribution < -0.4 is 0 Å². The second kappa shape index (κ2) is 5.23. The minimum Gasteiger partial charge on any atom is -0.0840 e. The fraction of sp³-hybridized carbons (Fsp3) is 0.600. The van der Waals surface area contributed by atoms with E-state index in [2.05, 4.69) is 32.2 Å². The van der Waals surface area contributed by atoms with Gasteiger partial charge in [-0.3, -0.25) is 0 Å². The standard InChI is InChI=1S/C10H17B/c11-9-5-4-8-10-6-2-1-3-7-10/h1-3,6,10H,4-5,7-9,11H2/t10-/m0/s1. The molecule has 0 fully saturated rings. The largest absolute Gasteiger partial charge is 0.101 e. The van der Waals surface area contributed by atoms with Gasteiger partial charge in [0.15, 0.2) is 0 Å². The predicted molar refractivity (Wildman–Crippen MR) is 53.6 cm³/mol. The highest BCUT2D eigenvalue weighted by molar-refractivity contribution is 6.08. The van der Waals surface area contributed by atoms with E-state index in [-0.39, 0.29) is 0 Å². The van der Waals surface area contributed by atoms with Crippen LogP contribution in [0.25, 0.3) is 0 Å². The van der Waals surface area contributed by atoms with E-state index in [9.17, 15) is 0 Å². The van der Waals surface area contributed by atoms with Crippen LogP contribution in [0, 0.1) is 5.92 Å². The molecule has 0 saturated heterocycles. The predicted octanol–water partition coefficient (Wildman–Crippen LogP) is 2.34. The molecule has 0 unspecified atom stereocenters. The Hall–Kier alpha value is -0.455. The molecule has 0 radical (unpaired) electrons. The molecule has 0 bridgehead atoms. The Morgan fingerprint density at radius 2 is 2.18 bits per heavy atom. The Morgan fingerprint density at radius 1 is 1.27 bits per heavy atom. The highest BCUT2D eigenvalue weighted by atomic mass is 14.1. The van der Waals surface area contributed by atoms with Gasteiger partial charge in [0, 0.05) is 0 Å². The number of hydrogen-bond acceptors (Lipinski definition) is 0. The van der Waals surface area contributed by atoms with Crippen LogP contribution in [0.5, 0.6) is 0 Å². The minimum absolute atomic E-state index is 0.839. The molecule has 1 rings (SSSR count). The normalized spacial score (nSPS) is 22.4. The van der Waals surface area contributed by atoms with E-state index < -0.39 is 0 Å². The molecule has 0 aliphatic heterocycles. The molecular formula is C10H17B. The molecule has 0 saturated carbocycles. The maximum Gasteiger partial charge on any atom is 0.101 e. The summed E-state index contributed by atoms with van der Waals surface area (Å²) in [6.45, 7) is 0. The summed E-state index contributed by atoms with van der Waals surface area (Å²) in [4.78, 5) is 0. The third kappa shape index (κ3) is 3.45. The number of allylic oxidation sites excluding steroid dienone is 4. The Bertz CT molecular complexity index is 147. The van der Waals surface area contributed by atoms with Gasteiger partial charge >= 0.3 is 0 Å². The van der Waals surface area contributed by atoms with Crippen molar-refractivity contribution >= 4 is 7.85 Å². The van der Waals surface area contributed by atoms with Gasteiger partial charge in [-0.05, 0) is 18.8 Å².